The molecule has 0 amide bonds. The van der Waals surface area contributed by atoms with Crippen LogP contribution in [0.1, 0.15) is 30.1 Å². The number of nitrogens with zero attached hydrogens (tertiary/aromatic N) is 3. The maximum atomic E-state index is 13.0. The number of aromatic nitrogens is 2. The minimum atomic E-state index is -0.514. The number of aliphatic hydroxyl groups excluding tert-OH is 1. The van der Waals surface area contributed by atoms with E-state index in [1.165, 1.54) is 17.7 Å². The predicted molar refractivity (Wildman–Crippen MR) is 94.6 cm³/mol. The first-order valence-corrected chi connectivity index (χ1v) is 8.78. The molecule has 1 N–H and O–H groups in total. The summed E-state index contributed by atoms with van der Waals surface area (Å²) in [5.74, 6) is -0.0372. The van der Waals surface area contributed by atoms with Crippen LogP contribution < -0.4 is 0 Å². The molecule has 1 fully saturated rings. The molecule has 130 valence electrons. The van der Waals surface area contributed by atoms with E-state index >= 15 is 0 Å². The van der Waals surface area contributed by atoms with Gasteiger partial charge in [0, 0.05) is 18.3 Å². The molecule has 5 heteroatoms. The highest BCUT2D eigenvalue weighted by molar-refractivity contribution is 5.53. The number of fused-ring (bicyclic) bond motifs is 1. The van der Waals surface area contributed by atoms with E-state index in [0.29, 0.717) is 0 Å². The van der Waals surface area contributed by atoms with Gasteiger partial charge in [0.25, 0.3) is 0 Å². The van der Waals surface area contributed by atoms with E-state index < -0.39 is 6.10 Å². The van der Waals surface area contributed by atoms with Crippen molar-refractivity contribution < 1.29 is 9.50 Å². The van der Waals surface area contributed by atoms with Gasteiger partial charge in [0.05, 0.1) is 17.8 Å². The summed E-state index contributed by atoms with van der Waals surface area (Å²) in [6, 6.07) is 12.3. The lowest BCUT2D eigenvalue weighted by Gasteiger charge is -2.34. The van der Waals surface area contributed by atoms with E-state index in [1.807, 2.05) is 29.0 Å². The molecule has 2 aromatic heterocycles. The van der Waals surface area contributed by atoms with Crippen molar-refractivity contribution in [1.29, 1.82) is 0 Å². The third-order valence-corrected chi connectivity index (χ3v) is 5.19. The third-order valence-electron chi connectivity index (χ3n) is 5.19. The molecule has 0 spiro atoms. The van der Waals surface area contributed by atoms with Gasteiger partial charge in [-0.05, 0) is 61.7 Å². The molecule has 1 saturated heterocycles. The van der Waals surface area contributed by atoms with Crippen LogP contribution in [0.2, 0.25) is 0 Å². The number of halogens is 1. The van der Waals surface area contributed by atoms with Crippen molar-refractivity contribution in [3.05, 3.63) is 71.8 Å². The molecule has 0 aliphatic carbocycles. The average molecular weight is 339 g/mol. The molecule has 3 aromatic rings. The highest BCUT2D eigenvalue weighted by Crippen LogP contribution is 2.31. The number of hydrogen-bond donors (Lipinski definition) is 1. The van der Waals surface area contributed by atoms with Crippen LogP contribution in [0, 0.1) is 11.7 Å². The number of hydrogen-bond acceptors (Lipinski definition) is 3. The quantitative estimate of drug-likeness (QED) is 0.792. The molecule has 0 saturated carbocycles. The van der Waals surface area contributed by atoms with Gasteiger partial charge in [0.2, 0.25) is 0 Å². The molecular formula is C20H22FN3O. The van der Waals surface area contributed by atoms with Crippen LogP contribution in [0.5, 0.6) is 0 Å². The zero-order valence-corrected chi connectivity index (χ0v) is 14.1. The van der Waals surface area contributed by atoms with Crippen LogP contribution in [0.4, 0.5) is 4.39 Å². The standard InChI is InChI=1S/C20H22FN3O/c21-18-6-4-15(5-7-18)20(25)16-8-11-23(12-9-16)14-17-13-22-24-10-2-1-3-19(17)24/h1-7,10,13,16,20,25H,8-9,11-12,14H2. The summed E-state index contributed by atoms with van der Waals surface area (Å²) in [5.41, 5.74) is 3.19. The molecule has 1 atom stereocenters. The maximum absolute atomic E-state index is 13.0. The molecule has 4 nitrogen and oxygen atoms in total. The summed E-state index contributed by atoms with van der Waals surface area (Å²) in [4.78, 5) is 2.41. The first kappa shape index (κ1) is 16.2. The van der Waals surface area contributed by atoms with Crippen molar-refractivity contribution in [1.82, 2.24) is 14.5 Å². The van der Waals surface area contributed by atoms with Crippen LogP contribution in [-0.4, -0.2) is 32.7 Å². The lowest BCUT2D eigenvalue weighted by molar-refractivity contribution is 0.0568. The van der Waals surface area contributed by atoms with Gasteiger partial charge in [0.1, 0.15) is 5.82 Å². The van der Waals surface area contributed by atoms with Crippen molar-refractivity contribution in [3.63, 3.8) is 0 Å². The molecule has 1 aliphatic rings. The summed E-state index contributed by atoms with van der Waals surface area (Å²) in [6.07, 6.45) is 5.27. The lowest BCUT2D eigenvalue weighted by Crippen LogP contribution is -2.35. The summed E-state index contributed by atoms with van der Waals surface area (Å²) < 4.78 is 14.9. The van der Waals surface area contributed by atoms with Gasteiger partial charge in [-0.3, -0.25) is 4.90 Å². The number of benzene rings is 1. The molecule has 0 radical (unpaired) electrons. The van der Waals surface area contributed by atoms with E-state index in [-0.39, 0.29) is 11.7 Å². The second kappa shape index (κ2) is 6.94. The van der Waals surface area contributed by atoms with Crippen molar-refractivity contribution in [2.24, 2.45) is 5.92 Å². The van der Waals surface area contributed by atoms with E-state index in [1.54, 1.807) is 12.1 Å². The fraction of sp³-hybridized carbons (Fsp3) is 0.350. The first-order chi connectivity index (χ1) is 12.2. The Labute approximate surface area is 146 Å². The number of likely N-dealkylation sites (tertiary alicyclic amines) is 1. The third kappa shape index (κ3) is 3.43. The van der Waals surface area contributed by atoms with Gasteiger partial charge in [-0.25, -0.2) is 8.91 Å². The molecule has 1 aromatic carbocycles. The topological polar surface area (TPSA) is 40.8 Å². The predicted octanol–water partition coefficient (Wildman–Crippen LogP) is 3.42. The Morgan fingerprint density at radius 3 is 2.64 bits per heavy atom. The maximum Gasteiger partial charge on any atom is 0.123 e. The zero-order chi connectivity index (χ0) is 17.2. The van der Waals surface area contributed by atoms with E-state index in [9.17, 15) is 9.50 Å². The summed E-state index contributed by atoms with van der Waals surface area (Å²) >= 11 is 0. The molecular weight excluding hydrogens is 317 g/mol. The Morgan fingerprint density at radius 1 is 1.12 bits per heavy atom. The first-order valence-electron chi connectivity index (χ1n) is 8.78. The molecule has 0 bridgehead atoms. The van der Waals surface area contributed by atoms with Crippen LogP contribution >= 0.6 is 0 Å². The van der Waals surface area contributed by atoms with Crippen molar-refractivity contribution in [2.75, 3.05) is 13.1 Å². The van der Waals surface area contributed by atoms with Crippen LogP contribution in [0.15, 0.2) is 54.9 Å². The van der Waals surface area contributed by atoms with Gasteiger partial charge in [0.15, 0.2) is 0 Å². The SMILES string of the molecule is OC(c1ccc(F)cc1)C1CCN(Cc2cnn3ccccc23)CC1. The van der Waals surface area contributed by atoms with Crippen molar-refractivity contribution >= 4 is 5.52 Å². The fourth-order valence-electron chi connectivity index (χ4n) is 3.71. The van der Waals surface area contributed by atoms with Crippen LogP contribution in [0.3, 0.4) is 0 Å². The number of aliphatic hydroxyl groups is 1. The Kier molecular flexibility index (Phi) is 4.51. The highest BCUT2D eigenvalue weighted by Gasteiger charge is 2.26. The highest BCUT2D eigenvalue weighted by atomic mass is 19.1. The van der Waals surface area contributed by atoms with E-state index in [0.717, 1.165) is 43.6 Å². The number of piperidine rings is 1. The summed E-state index contributed by atoms with van der Waals surface area (Å²) in [5, 5.41) is 15.0. The Morgan fingerprint density at radius 2 is 1.88 bits per heavy atom. The molecule has 1 unspecified atom stereocenters. The molecule has 3 heterocycles. The normalized spacial score (nSPS) is 17.8. The van der Waals surface area contributed by atoms with E-state index in [2.05, 4.69) is 16.1 Å². The van der Waals surface area contributed by atoms with Crippen molar-refractivity contribution in [2.45, 2.75) is 25.5 Å². The lowest BCUT2D eigenvalue weighted by atomic mass is 9.87. The second-order valence-electron chi connectivity index (χ2n) is 6.81. The smallest absolute Gasteiger partial charge is 0.123 e. The minimum absolute atomic E-state index is 0.227. The van der Waals surface area contributed by atoms with Gasteiger partial charge >= 0.3 is 0 Å². The monoisotopic (exact) mass is 339 g/mol. The number of pyridine rings is 1. The molecule has 1 aliphatic heterocycles. The van der Waals surface area contributed by atoms with Crippen LogP contribution in [-0.2, 0) is 6.54 Å². The average Bonchev–Trinajstić information content (AvgIpc) is 3.06. The van der Waals surface area contributed by atoms with Gasteiger partial charge < -0.3 is 5.11 Å². The molecule has 4 rings (SSSR count). The summed E-state index contributed by atoms with van der Waals surface area (Å²) in [7, 11) is 0. The van der Waals surface area contributed by atoms with Gasteiger partial charge in [-0.2, -0.15) is 5.10 Å². The number of rotatable bonds is 4. The van der Waals surface area contributed by atoms with Gasteiger partial charge in [-0.1, -0.05) is 18.2 Å². The Bertz CT molecular complexity index is 838. The summed E-state index contributed by atoms with van der Waals surface area (Å²) in [6.45, 7) is 2.78. The fourth-order valence-corrected chi connectivity index (χ4v) is 3.71. The molecule has 25 heavy (non-hydrogen) atoms. The second-order valence-corrected chi connectivity index (χ2v) is 6.81. The Balaban J connectivity index is 1.37. The van der Waals surface area contributed by atoms with Gasteiger partial charge in [-0.15, -0.1) is 0 Å². The van der Waals surface area contributed by atoms with E-state index in [4.69, 9.17) is 0 Å². The van der Waals surface area contributed by atoms with Crippen molar-refractivity contribution in [3.8, 4) is 0 Å². The van der Waals surface area contributed by atoms with Crippen LogP contribution in [0.25, 0.3) is 5.52 Å². The minimum Gasteiger partial charge on any atom is -0.388 e. The Hall–Kier alpha value is -2.24. The zero-order valence-electron chi connectivity index (χ0n) is 14.1. The largest absolute Gasteiger partial charge is 0.388 e.